The van der Waals surface area contributed by atoms with Crippen LogP contribution in [0.3, 0.4) is 0 Å². The highest BCUT2D eigenvalue weighted by Gasteiger charge is 2.52. The molecule has 3 nitrogen and oxygen atoms in total. The molecule has 1 spiro atoms. The summed E-state index contributed by atoms with van der Waals surface area (Å²) in [5.41, 5.74) is -0.188. The Bertz CT molecular complexity index is 298. The fourth-order valence-electron chi connectivity index (χ4n) is 3.10. The van der Waals surface area contributed by atoms with Crippen LogP contribution < -0.4 is 0 Å². The van der Waals surface area contributed by atoms with E-state index in [1.807, 2.05) is 13.8 Å². The Hall–Kier alpha value is -0.410. The average Bonchev–Trinajstić information content (AvgIpc) is 2.57. The lowest BCUT2D eigenvalue weighted by molar-refractivity contribution is -0.182. The second kappa shape index (κ2) is 4.69. The van der Waals surface area contributed by atoms with E-state index in [0.29, 0.717) is 31.1 Å². The van der Waals surface area contributed by atoms with Gasteiger partial charge < -0.3 is 9.47 Å². The van der Waals surface area contributed by atoms with Crippen LogP contribution in [0.4, 0.5) is 0 Å². The smallest absolute Gasteiger partial charge is 0.163 e. The van der Waals surface area contributed by atoms with Crippen molar-refractivity contribution in [3.05, 3.63) is 0 Å². The molecule has 2 atom stereocenters. The maximum absolute atomic E-state index is 11.6. The minimum Gasteiger partial charge on any atom is -0.347 e. The molecule has 2 rings (SSSR count). The van der Waals surface area contributed by atoms with Crippen molar-refractivity contribution in [2.75, 3.05) is 6.61 Å². The van der Waals surface area contributed by atoms with Gasteiger partial charge >= 0.3 is 0 Å². The van der Waals surface area contributed by atoms with Gasteiger partial charge in [0, 0.05) is 12.8 Å². The van der Waals surface area contributed by atoms with Gasteiger partial charge in [0.1, 0.15) is 5.78 Å². The molecule has 2 fully saturated rings. The number of ketones is 1. The van der Waals surface area contributed by atoms with E-state index in [-0.39, 0.29) is 5.60 Å². The molecule has 0 aromatic heterocycles. The highest BCUT2D eigenvalue weighted by Crippen LogP contribution is 2.45. The van der Waals surface area contributed by atoms with E-state index in [9.17, 15) is 4.79 Å². The van der Waals surface area contributed by atoms with Gasteiger partial charge in [-0.05, 0) is 32.6 Å². The van der Waals surface area contributed by atoms with E-state index < -0.39 is 5.79 Å². The summed E-state index contributed by atoms with van der Waals surface area (Å²) in [5.74, 6) is 0.265. The third kappa shape index (κ3) is 2.71. The van der Waals surface area contributed by atoms with Crippen molar-refractivity contribution in [2.24, 2.45) is 5.92 Å². The van der Waals surface area contributed by atoms with E-state index in [1.54, 1.807) is 0 Å². The molecule has 3 heteroatoms. The van der Waals surface area contributed by atoms with E-state index in [4.69, 9.17) is 9.47 Å². The molecule has 0 amide bonds. The van der Waals surface area contributed by atoms with Gasteiger partial charge in [-0.1, -0.05) is 19.8 Å². The third-order valence-electron chi connectivity index (χ3n) is 4.06. The van der Waals surface area contributed by atoms with Gasteiger partial charge in [0.15, 0.2) is 5.79 Å². The summed E-state index contributed by atoms with van der Waals surface area (Å²) in [6.45, 7) is 6.78. The molecule has 0 bridgehead atoms. The Kier molecular flexibility index (Phi) is 3.60. The molecule has 2 aliphatic rings. The van der Waals surface area contributed by atoms with Crippen molar-refractivity contribution in [2.45, 2.75) is 70.7 Å². The van der Waals surface area contributed by atoms with Crippen LogP contribution >= 0.6 is 0 Å². The zero-order valence-corrected chi connectivity index (χ0v) is 11.3. The maximum Gasteiger partial charge on any atom is 0.163 e. The molecule has 1 aliphatic heterocycles. The summed E-state index contributed by atoms with van der Waals surface area (Å²) in [4.78, 5) is 11.6. The number of rotatable bonds is 3. The third-order valence-corrected chi connectivity index (χ3v) is 4.06. The molecule has 0 unspecified atom stereocenters. The summed E-state index contributed by atoms with van der Waals surface area (Å²) < 4.78 is 11.9. The molecule has 1 saturated carbocycles. The van der Waals surface area contributed by atoms with E-state index in [1.165, 1.54) is 12.8 Å². The number of hydrogen-bond acceptors (Lipinski definition) is 3. The predicted molar refractivity (Wildman–Crippen MR) is 65.7 cm³/mol. The van der Waals surface area contributed by atoms with Gasteiger partial charge in [0.05, 0.1) is 12.2 Å². The largest absolute Gasteiger partial charge is 0.347 e. The van der Waals surface area contributed by atoms with Gasteiger partial charge in [0.25, 0.3) is 0 Å². The first-order chi connectivity index (χ1) is 7.97. The minimum absolute atomic E-state index is 0.188. The number of Topliss-reactive ketones (excluding diaryl/α,β-unsaturated/α-hetero) is 1. The first-order valence-electron chi connectivity index (χ1n) is 6.83. The molecule has 98 valence electrons. The van der Waals surface area contributed by atoms with Crippen molar-refractivity contribution in [3.63, 3.8) is 0 Å². The number of unbranched alkanes of at least 4 members (excludes halogenated alkanes) is 1. The van der Waals surface area contributed by atoms with Crippen LogP contribution in [0.5, 0.6) is 0 Å². The molecule has 17 heavy (non-hydrogen) atoms. The molecule has 0 aromatic carbocycles. The van der Waals surface area contributed by atoms with Crippen LogP contribution in [0.2, 0.25) is 0 Å². The number of ether oxygens (including phenoxy) is 2. The summed E-state index contributed by atoms with van der Waals surface area (Å²) in [6, 6.07) is 0. The van der Waals surface area contributed by atoms with Crippen molar-refractivity contribution >= 4 is 5.78 Å². The fraction of sp³-hybridized carbons (Fsp3) is 0.929. The molecular formula is C14H24O3. The normalized spacial score (nSPS) is 36.6. The van der Waals surface area contributed by atoms with Crippen molar-refractivity contribution in [1.29, 1.82) is 0 Å². The summed E-state index contributed by atoms with van der Waals surface area (Å²) in [6.07, 6.45) is 5.60. The Morgan fingerprint density at radius 3 is 2.76 bits per heavy atom. The zero-order valence-electron chi connectivity index (χ0n) is 11.3. The van der Waals surface area contributed by atoms with Crippen LogP contribution in [0.25, 0.3) is 0 Å². The van der Waals surface area contributed by atoms with Gasteiger partial charge in [0.2, 0.25) is 0 Å². The van der Waals surface area contributed by atoms with Gasteiger partial charge in [-0.25, -0.2) is 0 Å². The lowest BCUT2D eigenvalue weighted by atomic mass is 9.73. The number of carbonyl (C=O) groups is 1. The van der Waals surface area contributed by atoms with Crippen molar-refractivity contribution < 1.29 is 14.3 Å². The monoisotopic (exact) mass is 240 g/mol. The lowest BCUT2D eigenvalue weighted by Crippen LogP contribution is -2.46. The van der Waals surface area contributed by atoms with E-state index in [2.05, 4.69) is 6.92 Å². The topological polar surface area (TPSA) is 35.5 Å². The molecule has 0 N–H and O–H groups in total. The van der Waals surface area contributed by atoms with E-state index in [0.717, 1.165) is 12.8 Å². The molecule has 0 aromatic rings. The van der Waals surface area contributed by atoms with Crippen LogP contribution in [-0.2, 0) is 14.3 Å². The van der Waals surface area contributed by atoms with Crippen LogP contribution in [0.15, 0.2) is 0 Å². The number of hydrogen-bond donors (Lipinski definition) is 0. The Balaban J connectivity index is 2.10. The maximum atomic E-state index is 11.6. The first kappa shape index (κ1) is 13.0. The van der Waals surface area contributed by atoms with Gasteiger partial charge in [-0.15, -0.1) is 0 Å². The van der Waals surface area contributed by atoms with Crippen LogP contribution in [-0.4, -0.2) is 23.8 Å². The van der Waals surface area contributed by atoms with Gasteiger partial charge in [-0.3, -0.25) is 4.79 Å². The average molecular weight is 240 g/mol. The predicted octanol–water partition coefficient (Wildman–Crippen LogP) is 3.07. The molecule has 1 heterocycles. The summed E-state index contributed by atoms with van der Waals surface area (Å²) in [7, 11) is 0. The van der Waals surface area contributed by atoms with Crippen LogP contribution in [0, 0.1) is 5.92 Å². The fourth-order valence-corrected chi connectivity index (χ4v) is 3.10. The Labute approximate surface area is 104 Å². The standard InChI is InChI=1S/C14H24O3/c1-4-5-6-11-9-12(15)7-8-14(11)10-16-13(2,3)17-14/h11H,4-10H2,1-3H3/t11-,14-/m0/s1. The highest BCUT2D eigenvalue weighted by molar-refractivity contribution is 5.79. The quantitative estimate of drug-likeness (QED) is 0.760. The molecule has 1 aliphatic carbocycles. The molecule has 0 radical (unpaired) electrons. The lowest BCUT2D eigenvalue weighted by Gasteiger charge is -2.40. The molecule has 1 saturated heterocycles. The number of carbonyl (C=O) groups excluding carboxylic acids is 1. The zero-order chi connectivity index (χ0) is 12.5. The SMILES string of the molecule is CCCC[C@H]1CC(=O)CC[C@]12COC(C)(C)O2. The second-order valence-electron chi connectivity index (χ2n) is 5.94. The highest BCUT2D eigenvalue weighted by atomic mass is 16.8. The first-order valence-corrected chi connectivity index (χ1v) is 6.83. The van der Waals surface area contributed by atoms with E-state index >= 15 is 0 Å². The summed E-state index contributed by atoms with van der Waals surface area (Å²) >= 11 is 0. The van der Waals surface area contributed by atoms with Crippen molar-refractivity contribution in [1.82, 2.24) is 0 Å². The van der Waals surface area contributed by atoms with Gasteiger partial charge in [-0.2, -0.15) is 0 Å². The Morgan fingerprint density at radius 1 is 1.41 bits per heavy atom. The summed E-state index contributed by atoms with van der Waals surface area (Å²) in [5, 5.41) is 0. The molecular weight excluding hydrogens is 216 g/mol. The Morgan fingerprint density at radius 2 is 2.18 bits per heavy atom. The second-order valence-corrected chi connectivity index (χ2v) is 5.94. The van der Waals surface area contributed by atoms with Crippen molar-refractivity contribution in [3.8, 4) is 0 Å². The minimum atomic E-state index is -0.481. The van der Waals surface area contributed by atoms with Crippen LogP contribution in [0.1, 0.15) is 59.3 Å².